The number of aliphatic hydroxyl groups is 1. The van der Waals surface area contributed by atoms with Gasteiger partial charge >= 0.3 is 12.1 Å². The first-order chi connectivity index (χ1) is 28.6. The van der Waals surface area contributed by atoms with Gasteiger partial charge in [-0.2, -0.15) is 0 Å². The number of nitrogens with zero attached hydrogens (tertiary/aromatic N) is 6. The van der Waals surface area contributed by atoms with Crippen LogP contribution in [0.3, 0.4) is 0 Å². The Balaban J connectivity index is 1.43. The number of aromatic nitrogens is 3. The highest BCUT2D eigenvalue weighted by Gasteiger charge is 2.61. The van der Waals surface area contributed by atoms with Crippen LogP contribution in [0.2, 0.25) is 0 Å². The van der Waals surface area contributed by atoms with Crippen molar-refractivity contribution >= 4 is 23.5 Å². The zero-order chi connectivity index (χ0) is 45.2. The molecule has 0 radical (unpaired) electrons. The van der Waals surface area contributed by atoms with Gasteiger partial charge in [0.1, 0.15) is 17.9 Å². The number of benzene rings is 1. The van der Waals surface area contributed by atoms with Gasteiger partial charge in [-0.05, 0) is 106 Å². The SMILES string of the molecule is CC[C@H]1OC(=O)[C@@](C)(F)C(=O)[C@H](C)[C@@H](O[C@@H]2OC(C)CC(N(C)C)C2O)[C@](C)(OC)C[C@@H](C)CN(C)[C@H](C)[C@H]2N(CCCCn3cc(-c4cccc(N)c4)nn3)C(=O)O[C@]12C. The van der Waals surface area contributed by atoms with Gasteiger partial charge in [0.2, 0.25) is 0 Å². The fourth-order valence-electron chi connectivity index (χ4n) is 9.82. The molecule has 1 aromatic heterocycles. The minimum Gasteiger partial charge on any atom is -0.455 e. The quantitative estimate of drug-likeness (QED) is 0.137. The monoisotopic (exact) mass is 860 g/mol. The summed E-state index contributed by atoms with van der Waals surface area (Å²) < 4.78 is 49.8. The van der Waals surface area contributed by atoms with Crippen LogP contribution in [0.15, 0.2) is 30.5 Å². The molecule has 342 valence electrons. The molecule has 3 aliphatic heterocycles. The molecule has 3 saturated heterocycles. The number of likely N-dealkylation sites (N-methyl/N-ethyl adjacent to an activating group) is 2. The van der Waals surface area contributed by atoms with Crippen LogP contribution in [0.5, 0.6) is 0 Å². The number of cyclic esters (lactones) is 1. The number of anilines is 1. The van der Waals surface area contributed by atoms with Crippen molar-refractivity contribution in [3.63, 3.8) is 0 Å². The Hall–Kier alpha value is -3.74. The first-order valence-corrected chi connectivity index (χ1v) is 21.7. The molecule has 5 rings (SSSR count). The van der Waals surface area contributed by atoms with Gasteiger partial charge in [-0.3, -0.25) is 14.4 Å². The van der Waals surface area contributed by atoms with Crippen molar-refractivity contribution < 1.29 is 47.6 Å². The highest BCUT2D eigenvalue weighted by atomic mass is 19.1. The number of alkyl halides is 1. The number of nitrogen functional groups attached to an aromatic ring is 1. The lowest BCUT2D eigenvalue weighted by Gasteiger charge is -2.47. The van der Waals surface area contributed by atoms with Gasteiger partial charge in [-0.1, -0.05) is 38.1 Å². The number of ether oxygens (including phenoxy) is 5. The molecule has 16 nitrogen and oxygen atoms in total. The Kier molecular flexibility index (Phi) is 15.3. The van der Waals surface area contributed by atoms with E-state index in [1.165, 1.54) is 14.0 Å². The van der Waals surface area contributed by atoms with Crippen LogP contribution in [0, 0.1) is 11.8 Å². The molecule has 1 amide bonds. The van der Waals surface area contributed by atoms with E-state index < -0.39 is 71.3 Å². The summed E-state index contributed by atoms with van der Waals surface area (Å²) >= 11 is 0. The van der Waals surface area contributed by atoms with Crippen LogP contribution in [0.25, 0.3) is 11.3 Å². The van der Waals surface area contributed by atoms with E-state index in [0.29, 0.717) is 56.7 Å². The van der Waals surface area contributed by atoms with Crippen molar-refractivity contribution in [1.82, 2.24) is 29.7 Å². The van der Waals surface area contributed by atoms with Crippen LogP contribution < -0.4 is 5.73 Å². The number of hydrogen-bond donors (Lipinski definition) is 2. The molecule has 0 aliphatic carbocycles. The molecule has 3 fully saturated rings. The normalized spacial score (nSPS) is 37.2. The third kappa shape index (κ3) is 10.2. The Morgan fingerprint density at radius 3 is 2.41 bits per heavy atom. The maximum Gasteiger partial charge on any atom is 0.410 e. The number of methoxy groups -OCH3 is 1. The topological polar surface area (TPSA) is 184 Å². The predicted octanol–water partition coefficient (Wildman–Crippen LogP) is 4.72. The van der Waals surface area contributed by atoms with E-state index in [9.17, 15) is 19.5 Å². The van der Waals surface area contributed by atoms with Gasteiger partial charge in [0.05, 0.1) is 30.0 Å². The van der Waals surface area contributed by atoms with Gasteiger partial charge in [-0.25, -0.2) is 14.0 Å². The van der Waals surface area contributed by atoms with E-state index >= 15 is 4.39 Å². The number of nitrogens with two attached hydrogens (primary N) is 1. The Morgan fingerprint density at radius 1 is 1.08 bits per heavy atom. The van der Waals surface area contributed by atoms with E-state index in [1.807, 2.05) is 70.4 Å². The molecular formula is C44H70FN7O9. The number of rotatable bonds is 11. The molecule has 17 heteroatoms. The molecule has 4 heterocycles. The minimum atomic E-state index is -3.13. The van der Waals surface area contributed by atoms with Gasteiger partial charge in [0, 0.05) is 56.0 Å². The number of amides is 1. The Bertz CT molecular complexity index is 1830. The summed E-state index contributed by atoms with van der Waals surface area (Å²) in [6.07, 6.45) is -1.22. The van der Waals surface area contributed by atoms with E-state index in [0.717, 1.165) is 12.5 Å². The van der Waals surface area contributed by atoms with Crippen LogP contribution >= 0.6 is 0 Å². The molecule has 1 aromatic carbocycles. The average molecular weight is 860 g/mol. The van der Waals surface area contributed by atoms with Crippen LogP contribution in [0.1, 0.15) is 87.5 Å². The number of unbranched alkanes of at least 4 members (excludes halogenated alkanes) is 1. The zero-order valence-electron chi connectivity index (χ0n) is 38.2. The number of Topliss-reactive ketones (excluding diaryl/α,β-unsaturated/α-hetero) is 1. The molecule has 61 heavy (non-hydrogen) atoms. The number of halogens is 1. The summed E-state index contributed by atoms with van der Waals surface area (Å²) in [5.74, 6) is -3.84. The average Bonchev–Trinajstić information content (AvgIpc) is 3.78. The van der Waals surface area contributed by atoms with E-state index in [2.05, 4.69) is 22.1 Å². The largest absolute Gasteiger partial charge is 0.455 e. The van der Waals surface area contributed by atoms with Crippen molar-refractivity contribution in [1.29, 1.82) is 0 Å². The fraction of sp³-hybridized carbons (Fsp3) is 0.750. The molecule has 0 spiro atoms. The number of carbonyl (C=O) groups excluding carboxylic acids is 3. The number of esters is 1. The van der Waals surface area contributed by atoms with Gasteiger partial charge in [0.25, 0.3) is 5.67 Å². The second-order valence-electron chi connectivity index (χ2n) is 18.5. The van der Waals surface area contributed by atoms with Crippen LogP contribution in [-0.2, 0) is 39.8 Å². The van der Waals surface area contributed by atoms with Crippen molar-refractivity contribution in [2.45, 2.75) is 160 Å². The number of ketones is 1. The van der Waals surface area contributed by atoms with Crippen molar-refractivity contribution in [2.24, 2.45) is 11.8 Å². The molecule has 2 aromatic rings. The number of aliphatic hydroxyl groups excluding tert-OH is 1. The third-order valence-electron chi connectivity index (χ3n) is 13.3. The van der Waals surface area contributed by atoms with Crippen molar-refractivity contribution in [3.05, 3.63) is 30.5 Å². The minimum absolute atomic E-state index is 0.101. The highest BCUT2D eigenvalue weighted by molar-refractivity contribution is 6.07. The number of carbonyl (C=O) groups is 3. The van der Waals surface area contributed by atoms with Gasteiger partial charge < -0.3 is 44.3 Å². The molecule has 3 unspecified atom stereocenters. The van der Waals surface area contributed by atoms with Crippen LogP contribution in [0.4, 0.5) is 14.9 Å². The van der Waals surface area contributed by atoms with Crippen molar-refractivity contribution in [2.75, 3.05) is 47.1 Å². The maximum absolute atomic E-state index is 17.0. The third-order valence-corrected chi connectivity index (χ3v) is 13.3. The van der Waals surface area contributed by atoms with E-state index in [-0.39, 0.29) is 30.5 Å². The lowest BCUT2D eigenvalue weighted by molar-refractivity contribution is -0.295. The number of aryl methyl sites for hydroxylation is 1. The van der Waals surface area contributed by atoms with E-state index in [1.54, 1.807) is 30.4 Å². The second kappa shape index (κ2) is 19.3. The molecule has 3 aliphatic rings. The van der Waals surface area contributed by atoms with Crippen LogP contribution in [-0.4, -0.2) is 160 Å². The molecule has 13 atom stereocenters. The summed E-state index contributed by atoms with van der Waals surface area (Å²) in [6, 6.07) is 6.14. The first-order valence-electron chi connectivity index (χ1n) is 21.7. The number of fused-ring (bicyclic) bond motifs is 1. The first kappa shape index (κ1) is 48.3. The molecular weight excluding hydrogens is 790 g/mol. The zero-order valence-corrected chi connectivity index (χ0v) is 38.2. The van der Waals surface area contributed by atoms with Crippen molar-refractivity contribution in [3.8, 4) is 11.3 Å². The summed E-state index contributed by atoms with van der Waals surface area (Å²) in [5, 5.41) is 20.0. The smallest absolute Gasteiger partial charge is 0.410 e. The maximum atomic E-state index is 17.0. The Labute approximate surface area is 360 Å². The summed E-state index contributed by atoms with van der Waals surface area (Å²) in [7, 11) is 7.19. The summed E-state index contributed by atoms with van der Waals surface area (Å²) in [5.41, 5.74) is 2.38. The lowest BCUT2D eigenvalue weighted by atomic mass is 9.77. The second-order valence-corrected chi connectivity index (χ2v) is 18.5. The molecule has 3 N–H and O–H groups in total. The molecule has 0 saturated carbocycles. The number of hydrogen-bond acceptors (Lipinski definition) is 14. The summed E-state index contributed by atoms with van der Waals surface area (Å²) in [4.78, 5) is 48.0. The summed E-state index contributed by atoms with van der Waals surface area (Å²) in [6.45, 7) is 15.0. The van der Waals surface area contributed by atoms with Gasteiger partial charge in [0.15, 0.2) is 17.7 Å². The highest BCUT2D eigenvalue weighted by Crippen LogP contribution is 2.42. The fourth-order valence-corrected chi connectivity index (χ4v) is 9.82. The predicted molar refractivity (Wildman–Crippen MR) is 227 cm³/mol. The lowest BCUT2D eigenvalue weighted by Crippen LogP contribution is -2.61. The van der Waals surface area contributed by atoms with Gasteiger partial charge in [-0.15, -0.1) is 5.10 Å². The molecule has 0 bridgehead atoms. The van der Waals surface area contributed by atoms with E-state index in [4.69, 9.17) is 29.4 Å². The standard InChI is InChI=1S/C44H70FN7O9/c1-13-34-44(8)36(52(41(56)61-44)20-15-14-19-51-25-32(47-48-51)30-17-16-18-31(46)22-30)29(5)50(11)24-26(2)23-42(6,57-12)38(28(4)37(54)43(7,45)40(55)59-34)60-39-35(53)33(49(9)10)21-27(3)58-39/h16-18,22,25-29,33-36,38-39,53H,13-15,19-21,23-24,46H2,1-12H3/t26-,27?,28+,29-,33?,34-,35?,36-,38-,39+,42-,43+,44-/m1/s1. The Morgan fingerprint density at radius 2 is 1.77 bits per heavy atom.